The highest BCUT2D eigenvalue weighted by molar-refractivity contribution is 6.59. The Bertz CT molecular complexity index is 309. The minimum absolute atomic E-state index is 0.108. The van der Waals surface area contributed by atoms with Crippen LogP contribution in [0.2, 0.25) is 5.02 Å². The second-order valence-electron chi connectivity index (χ2n) is 2.47. The van der Waals surface area contributed by atoms with E-state index in [1.165, 1.54) is 0 Å². The van der Waals surface area contributed by atoms with Crippen molar-refractivity contribution in [3.8, 4) is 0 Å². The van der Waals surface area contributed by atoms with Gasteiger partial charge in [-0.25, -0.2) is 0 Å². The average Bonchev–Trinajstić information content (AvgIpc) is 2.08. The van der Waals surface area contributed by atoms with Gasteiger partial charge in [0.05, 0.1) is 5.03 Å². The molecule has 0 fully saturated rings. The Morgan fingerprint density at radius 3 is 2.00 bits per heavy atom. The Balaban J connectivity index is 2.76. The van der Waals surface area contributed by atoms with Crippen molar-refractivity contribution in [3.05, 3.63) is 44.4 Å². The standard InChI is InChI=1S/C9H6Cl4/c10-7-3-1-6(2-4-7)5-8(11)9(12)13/h1-4H,5H2. The Morgan fingerprint density at radius 1 is 1.00 bits per heavy atom. The second kappa shape index (κ2) is 5.11. The fourth-order valence-corrected chi connectivity index (χ4v) is 1.26. The van der Waals surface area contributed by atoms with E-state index >= 15 is 0 Å². The lowest BCUT2D eigenvalue weighted by Crippen LogP contribution is -1.84. The Labute approximate surface area is 97.0 Å². The number of allylic oxidation sites excluding steroid dienone is 1. The Kier molecular flexibility index (Phi) is 4.40. The first-order valence-corrected chi connectivity index (χ1v) is 5.05. The lowest BCUT2D eigenvalue weighted by atomic mass is 10.1. The highest BCUT2D eigenvalue weighted by Crippen LogP contribution is 2.22. The van der Waals surface area contributed by atoms with Crippen molar-refractivity contribution in [3.63, 3.8) is 0 Å². The molecule has 1 aromatic carbocycles. The van der Waals surface area contributed by atoms with Gasteiger partial charge in [0.25, 0.3) is 0 Å². The zero-order valence-corrected chi connectivity index (χ0v) is 9.55. The third-order valence-corrected chi connectivity index (χ3v) is 2.70. The van der Waals surface area contributed by atoms with Crippen molar-refractivity contribution >= 4 is 46.4 Å². The van der Waals surface area contributed by atoms with Crippen LogP contribution in [0.1, 0.15) is 5.56 Å². The predicted molar refractivity (Wildman–Crippen MR) is 59.7 cm³/mol. The SMILES string of the molecule is ClC(Cl)=C(Cl)Cc1ccc(Cl)cc1. The number of benzene rings is 1. The quantitative estimate of drug-likeness (QED) is 0.714. The summed E-state index contributed by atoms with van der Waals surface area (Å²) in [6, 6.07) is 7.34. The van der Waals surface area contributed by atoms with Gasteiger partial charge in [0.15, 0.2) is 0 Å². The van der Waals surface area contributed by atoms with E-state index in [2.05, 4.69) is 0 Å². The first-order valence-electron chi connectivity index (χ1n) is 3.53. The highest BCUT2D eigenvalue weighted by atomic mass is 35.5. The largest absolute Gasteiger partial charge is 0.121 e. The molecule has 0 unspecified atom stereocenters. The molecule has 0 aliphatic carbocycles. The highest BCUT2D eigenvalue weighted by Gasteiger charge is 2.00. The van der Waals surface area contributed by atoms with Gasteiger partial charge in [0.1, 0.15) is 4.49 Å². The summed E-state index contributed by atoms with van der Waals surface area (Å²) in [6.07, 6.45) is 0.529. The van der Waals surface area contributed by atoms with Gasteiger partial charge in [-0.15, -0.1) is 0 Å². The minimum Gasteiger partial charge on any atom is -0.0862 e. The van der Waals surface area contributed by atoms with E-state index in [1.54, 1.807) is 12.1 Å². The molecule has 0 radical (unpaired) electrons. The molecule has 0 amide bonds. The third kappa shape index (κ3) is 3.78. The maximum Gasteiger partial charge on any atom is 0.121 e. The summed E-state index contributed by atoms with van der Waals surface area (Å²) in [4.78, 5) is 0. The van der Waals surface area contributed by atoms with Crippen molar-refractivity contribution in [2.24, 2.45) is 0 Å². The van der Waals surface area contributed by atoms with Gasteiger partial charge in [0.2, 0.25) is 0 Å². The molecule has 70 valence electrons. The van der Waals surface area contributed by atoms with Crippen LogP contribution in [0.25, 0.3) is 0 Å². The van der Waals surface area contributed by atoms with Gasteiger partial charge in [-0.3, -0.25) is 0 Å². The summed E-state index contributed by atoms with van der Waals surface area (Å²) in [5.74, 6) is 0. The number of hydrogen-bond donors (Lipinski definition) is 0. The van der Waals surface area contributed by atoms with Gasteiger partial charge < -0.3 is 0 Å². The molecule has 0 N–H and O–H groups in total. The molecule has 1 aromatic rings. The van der Waals surface area contributed by atoms with Crippen LogP contribution in [0.4, 0.5) is 0 Å². The third-order valence-electron chi connectivity index (χ3n) is 1.48. The molecule has 0 bridgehead atoms. The maximum absolute atomic E-state index is 5.77. The van der Waals surface area contributed by atoms with Crippen molar-refractivity contribution < 1.29 is 0 Å². The predicted octanol–water partition coefficient (Wildman–Crippen LogP) is 4.77. The first kappa shape index (κ1) is 11.2. The summed E-state index contributed by atoms with van der Waals surface area (Å²) in [5.41, 5.74) is 1.02. The van der Waals surface area contributed by atoms with Crippen molar-refractivity contribution in [1.29, 1.82) is 0 Å². The zero-order chi connectivity index (χ0) is 9.84. The van der Waals surface area contributed by atoms with Crippen LogP contribution >= 0.6 is 46.4 Å². The van der Waals surface area contributed by atoms with E-state index in [1.807, 2.05) is 12.1 Å². The van der Waals surface area contributed by atoms with Gasteiger partial charge in [0, 0.05) is 11.4 Å². The number of rotatable bonds is 2. The smallest absolute Gasteiger partial charge is 0.0862 e. The van der Waals surface area contributed by atoms with E-state index in [0.717, 1.165) is 5.56 Å². The molecule has 0 spiro atoms. The maximum atomic E-state index is 5.77. The lowest BCUT2D eigenvalue weighted by Gasteiger charge is -1.99. The first-order chi connectivity index (χ1) is 6.09. The molecule has 0 aliphatic heterocycles. The van der Waals surface area contributed by atoms with Crippen LogP contribution < -0.4 is 0 Å². The second-order valence-corrected chi connectivity index (χ2v) is 4.31. The fraction of sp³-hybridized carbons (Fsp3) is 0.111. The summed E-state index contributed by atoms with van der Waals surface area (Å²) in [7, 11) is 0. The molecule has 0 atom stereocenters. The molecular formula is C9H6Cl4. The summed E-state index contributed by atoms with van der Waals surface area (Å²) in [5, 5.41) is 1.13. The fourth-order valence-electron chi connectivity index (χ4n) is 0.848. The molecule has 0 aromatic heterocycles. The van der Waals surface area contributed by atoms with Crippen LogP contribution in [0, 0.1) is 0 Å². The average molecular weight is 256 g/mol. The van der Waals surface area contributed by atoms with Gasteiger partial charge in [-0.2, -0.15) is 0 Å². The van der Waals surface area contributed by atoms with Crippen LogP contribution in [-0.4, -0.2) is 0 Å². The van der Waals surface area contributed by atoms with Crippen LogP contribution in [-0.2, 0) is 6.42 Å². The van der Waals surface area contributed by atoms with Crippen molar-refractivity contribution in [1.82, 2.24) is 0 Å². The van der Waals surface area contributed by atoms with Gasteiger partial charge in [-0.05, 0) is 17.7 Å². The minimum atomic E-state index is 0.108. The van der Waals surface area contributed by atoms with Crippen LogP contribution in [0.5, 0.6) is 0 Å². The molecule has 13 heavy (non-hydrogen) atoms. The Morgan fingerprint density at radius 2 is 1.54 bits per heavy atom. The topological polar surface area (TPSA) is 0 Å². The van der Waals surface area contributed by atoms with Gasteiger partial charge >= 0.3 is 0 Å². The molecule has 4 heteroatoms. The summed E-state index contributed by atoms with van der Waals surface area (Å²) < 4.78 is 0.108. The Hall–Kier alpha value is 0.120. The number of hydrogen-bond acceptors (Lipinski definition) is 0. The van der Waals surface area contributed by atoms with Crippen molar-refractivity contribution in [2.45, 2.75) is 6.42 Å². The summed E-state index contributed by atoms with van der Waals surface area (Å²) in [6.45, 7) is 0. The monoisotopic (exact) mass is 254 g/mol. The molecule has 0 saturated carbocycles. The zero-order valence-electron chi connectivity index (χ0n) is 6.53. The van der Waals surface area contributed by atoms with E-state index in [0.29, 0.717) is 16.5 Å². The summed E-state index contributed by atoms with van der Waals surface area (Å²) >= 11 is 22.5. The van der Waals surface area contributed by atoms with Crippen LogP contribution in [0.15, 0.2) is 33.8 Å². The van der Waals surface area contributed by atoms with E-state index in [4.69, 9.17) is 46.4 Å². The van der Waals surface area contributed by atoms with E-state index in [-0.39, 0.29) is 4.49 Å². The normalized spacial score (nSPS) is 9.85. The van der Waals surface area contributed by atoms with Crippen molar-refractivity contribution in [2.75, 3.05) is 0 Å². The van der Waals surface area contributed by atoms with Crippen LogP contribution in [0.3, 0.4) is 0 Å². The van der Waals surface area contributed by atoms with E-state index < -0.39 is 0 Å². The molecule has 0 saturated heterocycles. The van der Waals surface area contributed by atoms with Gasteiger partial charge in [-0.1, -0.05) is 58.5 Å². The molecule has 0 heterocycles. The molecular weight excluding hydrogens is 250 g/mol. The lowest BCUT2D eigenvalue weighted by molar-refractivity contribution is 1.24. The molecule has 0 nitrogen and oxygen atoms in total. The van der Waals surface area contributed by atoms with E-state index in [9.17, 15) is 0 Å². The molecule has 0 aliphatic rings. The number of halogens is 4. The molecule has 1 rings (SSSR count).